The summed E-state index contributed by atoms with van der Waals surface area (Å²) < 4.78 is 0. The number of benzene rings is 3. The van der Waals surface area contributed by atoms with Crippen LogP contribution in [0.2, 0.25) is 0 Å². The number of rotatable bonds is 10. The predicted molar refractivity (Wildman–Crippen MR) is 142 cm³/mol. The van der Waals surface area contributed by atoms with Crippen LogP contribution in [0, 0.1) is 0 Å². The Balaban J connectivity index is 1.54. The molecule has 0 bridgehead atoms. The van der Waals surface area contributed by atoms with E-state index in [1.54, 1.807) is 6.92 Å². The van der Waals surface area contributed by atoms with E-state index in [1.807, 2.05) is 97.9 Å². The van der Waals surface area contributed by atoms with Crippen LogP contribution in [-0.2, 0) is 27.2 Å². The maximum absolute atomic E-state index is 12.7. The Labute approximate surface area is 210 Å². The number of carboxylic acid groups (broad SMARTS) is 1. The molecule has 0 aliphatic carbocycles. The largest absolute Gasteiger partial charge is 0.480 e. The van der Waals surface area contributed by atoms with E-state index in [1.165, 1.54) is 0 Å². The lowest BCUT2D eigenvalue weighted by Crippen LogP contribution is -2.39. The molecule has 0 unspecified atom stereocenters. The van der Waals surface area contributed by atoms with E-state index in [0.717, 1.165) is 39.7 Å². The minimum absolute atomic E-state index is 0.145. The highest BCUT2D eigenvalue weighted by atomic mass is 32.2. The molecule has 0 spiro atoms. The third kappa shape index (κ3) is 7.72. The molecule has 0 fully saturated rings. The van der Waals surface area contributed by atoms with Gasteiger partial charge in [-0.25, -0.2) is 0 Å². The highest BCUT2D eigenvalue weighted by Gasteiger charge is 2.26. The minimum Gasteiger partial charge on any atom is -0.480 e. The number of nitrogens with one attached hydrogen (secondary N) is 1. The summed E-state index contributed by atoms with van der Waals surface area (Å²) in [4.78, 5) is 38.9. The normalized spacial score (nSPS) is 12.4. The fourth-order valence-electron chi connectivity index (χ4n) is 3.55. The van der Waals surface area contributed by atoms with Gasteiger partial charge in [-0.2, -0.15) is 0 Å². The number of anilines is 1. The highest BCUT2D eigenvalue weighted by molar-refractivity contribution is 8.14. The van der Waals surface area contributed by atoms with Gasteiger partial charge < -0.3 is 15.3 Å². The first-order chi connectivity index (χ1) is 16.7. The maximum atomic E-state index is 12.7. The lowest BCUT2D eigenvalue weighted by atomic mass is 10.0. The molecule has 0 heterocycles. The first-order valence-corrected chi connectivity index (χ1v) is 12.2. The summed E-state index contributed by atoms with van der Waals surface area (Å²) in [5.74, 6) is -1.34. The van der Waals surface area contributed by atoms with Crippen LogP contribution in [-0.4, -0.2) is 47.5 Å². The molecule has 0 saturated carbocycles. The Hall–Kier alpha value is -3.58. The Morgan fingerprint density at radius 3 is 2.00 bits per heavy atom. The molecule has 2 atom stereocenters. The summed E-state index contributed by atoms with van der Waals surface area (Å²) in [5, 5.41) is 11.0. The van der Waals surface area contributed by atoms with Gasteiger partial charge in [-0.3, -0.25) is 14.4 Å². The molecule has 3 rings (SSSR count). The number of carboxylic acids is 1. The van der Waals surface area contributed by atoms with E-state index in [2.05, 4.69) is 5.32 Å². The number of amides is 1. The topological polar surface area (TPSA) is 86.7 Å². The van der Waals surface area contributed by atoms with Gasteiger partial charge in [0.05, 0.1) is 12.5 Å². The van der Waals surface area contributed by atoms with Gasteiger partial charge in [0.25, 0.3) is 0 Å². The van der Waals surface area contributed by atoms with E-state index in [-0.39, 0.29) is 23.9 Å². The number of hydrogen-bond acceptors (Lipinski definition) is 5. The molecule has 0 aliphatic rings. The Morgan fingerprint density at radius 2 is 1.43 bits per heavy atom. The Bertz CT molecular complexity index is 1150. The summed E-state index contributed by atoms with van der Waals surface area (Å²) in [6.45, 7) is 1.58. The molecule has 0 radical (unpaired) electrons. The van der Waals surface area contributed by atoms with Crippen LogP contribution >= 0.6 is 11.8 Å². The van der Waals surface area contributed by atoms with Gasteiger partial charge in [0, 0.05) is 19.8 Å². The molecule has 0 saturated heterocycles. The third-order valence-electron chi connectivity index (χ3n) is 5.56. The fourth-order valence-corrected chi connectivity index (χ4v) is 4.47. The molecule has 0 aliphatic heterocycles. The number of aliphatic carboxylic acids is 1. The molecule has 6 nitrogen and oxygen atoms in total. The average molecular weight is 491 g/mol. The van der Waals surface area contributed by atoms with Gasteiger partial charge >= 0.3 is 5.97 Å². The van der Waals surface area contributed by atoms with Crippen molar-refractivity contribution in [3.05, 3.63) is 90.0 Å². The second-order valence-corrected chi connectivity index (χ2v) is 9.76. The minimum atomic E-state index is -1.06. The highest BCUT2D eigenvalue weighted by Crippen LogP contribution is 2.23. The summed E-state index contributed by atoms with van der Waals surface area (Å²) in [5.41, 5.74) is 4.82. The Morgan fingerprint density at radius 1 is 0.857 bits per heavy atom. The van der Waals surface area contributed by atoms with Crippen molar-refractivity contribution in [3.8, 4) is 11.1 Å². The van der Waals surface area contributed by atoms with Crippen molar-refractivity contribution in [1.82, 2.24) is 5.32 Å². The van der Waals surface area contributed by atoms with E-state index in [0.29, 0.717) is 0 Å². The van der Waals surface area contributed by atoms with Crippen LogP contribution in [0.1, 0.15) is 18.1 Å². The van der Waals surface area contributed by atoms with Crippen molar-refractivity contribution < 1.29 is 19.5 Å². The second-order valence-electron chi connectivity index (χ2n) is 8.56. The molecule has 182 valence electrons. The molecular formula is C28H30N2O4S. The van der Waals surface area contributed by atoms with E-state index in [9.17, 15) is 19.5 Å². The SMILES string of the molecule is C[C@@H](NC(=O)Cc1ccc(N(C)C)cc1)C(=O)S[C@H](Cc1ccc(-c2ccccc2)cc1)C(=O)O. The van der Waals surface area contributed by atoms with Crippen LogP contribution < -0.4 is 10.2 Å². The van der Waals surface area contributed by atoms with Gasteiger partial charge in [-0.15, -0.1) is 0 Å². The van der Waals surface area contributed by atoms with Crippen molar-refractivity contribution in [2.75, 3.05) is 19.0 Å². The van der Waals surface area contributed by atoms with E-state index in [4.69, 9.17) is 0 Å². The van der Waals surface area contributed by atoms with Gasteiger partial charge in [0.1, 0.15) is 5.25 Å². The monoisotopic (exact) mass is 490 g/mol. The first-order valence-electron chi connectivity index (χ1n) is 11.4. The average Bonchev–Trinajstić information content (AvgIpc) is 2.84. The molecule has 7 heteroatoms. The van der Waals surface area contributed by atoms with E-state index >= 15 is 0 Å². The summed E-state index contributed by atoms with van der Waals surface area (Å²) in [6.07, 6.45) is 0.353. The second kappa shape index (κ2) is 12.2. The molecule has 35 heavy (non-hydrogen) atoms. The zero-order valence-corrected chi connectivity index (χ0v) is 20.9. The predicted octanol–water partition coefficient (Wildman–Crippen LogP) is 4.42. The van der Waals surface area contributed by atoms with Crippen molar-refractivity contribution in [1.29, 1.82) is 0 Å². The van der Waals surface area contributed by atoms with Gasteiger partial charge in [-0.1, -0.05) is 78.5 Å². The number of nitrogens with zero attached hydrogens (tertiary/aromatic N) is 1. The molecule has 0 aromatic heterocycles. The smallest absolute Gasteiger partial charge is 0.317 e. The zero-order chi connectivity index (χ0) is 25.4. The summed E-state index contributed by atoms with van der Waals surface area (Å²) in [6, 6.07) is 24.4. The molecule has 2 N–H and O–H groups in total. The van der Waals surface area contributed by atoms with Crippen molar-refractivity contribution in [2.45, 2.75) is 31.1 Å². The molecular weight excluding hydrogens is 460 g/mol. The van der Waals surface area contributed by atoms with Crippen LogP contribution in [0.5, 0.6) is 0 Å². The van der Waals surface area contributed by atoms with Crippen LogP contribution in [0.25, 0.3) is 11.1 Å². The standard InChI is InChI=1S/C28H30N2O4S/c1-19(29-26(31)18-21-11-15-24(16-12-21)30(2)3)28(34)35-25(27(32)33)17-20-9-13-23(14-10-20)22-7-5-4-6-8-22/h4-16,19,25H,17-18H2,1-3H3,(H,29,31)(H,32,33)/t19-,25-/m1/s1. The number of carbonyl (C=O) groups excluding carboxylic acids is 2. The van der Waals surface area contributed by atoms with Gasteiger partial charge in [0.15, 0.2) is 0 Å². The quantitative estimate of drug-likeness (QED) is 0.438. The maximum Gasteiger partial charge on any atom is 0.317 e. The van der Waals surface area contributed by atoms with Crippen LogP contribution in [0.15, 0.2) is 78.9 Å². The van der Waals surface area contributed by atoms with Crippen LogP contribution in [0.4, 0.5) is 5.69 Å². The van der Waals surface area contributed by atoms with Crippen molar-refractivity contribution in [2.24, 2.45) is 0 Å². The zero-order valence-electron chi connectivity index (χ0n) is 20.1. The number of thioether (sulfide) groups is 1. The number of hydrogen-bond donors (Lipinski definition) is 2. The molecule has 3 aromatic rings. The van der Waals surface area contributed by atoms with Crippen molar-refractivity contribution >= 4 is 34.4 Å². The van der Waals surface area contributed by atoms with Gasteiger partial charge in [0.2, 0.25) is 11.0 Å². The van der Waals surface area contributed by atoms with Crippen molar-refractivity contribution in [3.63, 3.8) is 0 Å². The Kier molecular flexibility index (Phi) is 9.09. The summed E-state index contributed by atoms with van der Waals surface area (Å²) in [7, 11) is 3.88. The first kappa shape index (κ1) is 26.0. The van der Waals surface area contributed by atoms with Gasteiger partial charge in [-0.05, 0) is 47.7 Å². The molecule has 3 aromatic carbocycles. The number of carbonyl (C=O) groups is 3. The van der Waals surface area contributed by atoms with E-state index < -0.39 is 17.3 Å². The van der Waals surface area contributed by atoms with Crippen LogP contribution in [0.3, 0.4) is 0 Å². The lowest BCUT2D eigenvalue weighted by molar-refractivity contribution is -0.136. The lowest BCUT2D eigenvalue weighted by Gasteiger charge is -2.17. The third-order valence-corrected chi connectivity index (χ3v) is 6.80. The fraction of sp³-hybridized carbons (Fsp3) is 0.250. The summed E-state index contributed by atoms with van der Waals surface area (Å²) >= 11 is 0.751. The molecule has 1 amide bonds.